The molecule has 3 N–H and O–H groups in total. The van der Waals surface area contributed by atoms with Crippen molar-refractivity contribution in [2.45, 2.75) is 38.8 Å². The summed E-state index contributed by atoms with van der Waals surface area (Å²) in [6.45, 7) is 4.41. The average Bonchev–Trinajstić information content (AvgIpc) is 2.33. The third kappa shape index (κ3) is 3.73. The highest BCUT2D eigenvalue weighted by atomic mass is 19.1. The minimum Gasteiger partial charge on any atom is -0.376 e. The van der Waals surface area contributed by atoms with E-state index < -0.39 is 17.7 Å². The van der Waals surface area contributed by atoms with Crippen LogP contribution in [0.2, 0.25) is 0 Å². The minimum atomic E-state index is -0.612. The van der Waals surface area contributed by atoms with E-state index in [1.54, 1.807) is 0 Å². The fraction of sp³-hybridized carbons (Fsp3) is 0.538. The molecule has 1 aromatic rings. The Kier molecular flexibility index (Phi) is 6.18. The smallest absolute Gasteiger partial charge is 0.131 e. The van der Waals surface area contributed by atoms with Crippen molar-refractivity contribution >= 4 is 0 Å². The van der Waals surface area contributed by atoms with Crippen LogP contribution in [0.25, 0.3) is 0 Å². The van der Waals surface area contributed by atoms with E-state index in [1.165, 1.54) is 12.1 Å². The highest BCUT2D eigenvalue weighted by molar-refractivity contribution is 5.23. The molecule has 0 saturated carbocycles. The summed E-state index contributed by atoms with van der Waals surface area (Å²) < 4.78 is 32.2. The molecule has 0 amide bonds. The lowest BCUT2D eigenvalue weighted by Crippen LogP contribution is -2.38. The lowest BCUT2D eigenvalue weighted by atomic mass is 9.98. The molecular formula is C13H20F2N2O. The molecule has 0 fully saturated rings. The first kappa shape index (κ1) is 15.0. The fourth-order valence-corrected chi connectivity index (χ4v) is 2.00. The van der Waals surface area contributed by atoms with E-state index in [0.717, 1.165) is 18.9 Å². The van der Waals surface area contributed by atoms with E-state index in [-0.39, 0.29) is 6.10 Å². The average molecular weight is 258 g/mol. The number of hydrogen-bond acceptors (Lipinski definition) is 3. The van der Waals surface area contributed by atoms with E-state index in [4.69, 9.17) is 10.6 Å². The van der Waals surface area contributed by atoms with Crippen molar-refractivity contribution in [3.05, 3.63) is 35.4 Å². The summed E-state index contributed by atoms with van der Waals surface area (Å²) in [5.74, 6) is 4.27. The number of benzene rings is 1. The molecule has 0 bridgehead atoms. The van der Waals surface area contributed by atoms with Gasteiger partial charge in [-0.15, -0.1) is 0 Å². The minimum absolute atomic E-state index is 0.232. The number of ether oxygens (including phenoxy) is 1. The zero-order valence-corrected chi connectivity index (χ0v) is 10.7. The molecule has 1 aromatic carbocycles. The van der Waals surface area contributed by atoms with Gasteiger partial charge in [-0.1, -0.05) is 19.4 Å². The Balaban J connectivity index is 2.98. The first-order valence-corrected chi connectivity index (χ1v) is 6.16. The molecule has 0 radical (unpaired) electrons. The van der Waals surface area contributed by atoms with Crippen LogP contribution in [0.4, 0.5) is 8.78 Å². The first-order valence-electron chi connectivity index (χ1n) is 6.16. The normalized spacial score (nSPS) is 14.5. The first-order chi connectivity index (χ1) is 8.63. The van der Waals surface area contributed by atoms with E-state index in [9.17, 15) is 8.78 Å². The van der Waals surface area contributed by atoms with Gasteiger partial charge in [0, 0.05) is 18.2 Å². The Morgan fingerprint density at radius 1 is 1.33 bits per heavy atom. The number of hydrogen-bond donors (Lipinski definition) is 2. The number of nitrogens with two attached hydrogens (primary N) is 1. The van der Waals surface area contributed by atoms with Crippen LogP contribution in [-0.2, 0) is 4.74 Å². The lowest BCUT2D eigenvalue weighted by molar-refractivity contribution is 0.0267. The molecule has 1 rings (SSSR count). The second-order valence-electron chi connectivity index (χ2n) is 4.09. The maximum atomic E-state index is 13.7. The zero-order chi connectivity index (χ0) is 13.5. The second kappa shape index (κ2) is 7.41. The molecule has 2 atom stereocenters. The SMILES string of the molecule is CCCC(OCC)C(NN)c1ccc(F)cc1F. The molecule has 0 aliphatic rings. The molecular weight excluding hydrogens is 238 g/mol. The van der Waals surface area contributed by atoms with Gasteiger partial charge in [-0.3, -0.25) is 11.3 Å². The summed E-state index contributed by atoms with van der Waals surface area (Å²) in [4.78, 5) is 0. The summed E-state index contributed by atoms with van der Waals surface area (Å²) >= 11 is 0. The quantitative estimate of drug-likeness (QED) is 0.584. The van der Waals surface area contributed by atoms with Crippen LogP contribution < -0.4 is 11.3 Å². The van der Waals surface area contributed by atoms with Crippen LogP contribution in [0.5, 0.6) is 0 Å². The second-order valence-corrected chi connectivity index (χ2v) is 4.09. The predicted octanol–water partition coefficient (Wildman–Crippen LogP) is 2.67. The maximum absolute atomic E-state index is 13.7. The van der Waals surface area contributed by atoms with Crippen LogP contribution >= 0.6 is 0 Å². The van der Waals surface area contributed by atoms with Crippen molar-refractivity contribution in [3.8, 4) is 0 Å². The molecule has 0 aliphatic carbocycles. The Hall–Kier alpha value is -1.04. The third-order valence-corrected chi connectivity index (χ3v) is 2.80. The van der Waals surface area contributed by atoms with Gasteiger partial charge < -0.3 is 4.74 Å². The Labute approximate surface area is 106 Å². The number of nitrogens with one attached hydrogen (secondary N) is 1. The largest absolute Gasteiger partial charge is 0.376 e. The van der Waals surface area contributed by atoms with Crippen molar-refractivity contribution in [1.29, 1.82) is 0 Å². The Morgan fingerprint density at radius 2 is 2.06 bits per heavy atom. The van der Waals surface area contributed by atoms with Gasteiger partial charge in [0.1, 0.15) is 11.6 Å². The van der Waals surface area contributed by atoms with Gasteiger partial charge in [0.25, 0.3) is 0 Å². The molecule has 0 heterocycles. The van der Waals surface area contributed by atoms with Gasteiger partial charge in [-0.2, -0.15) is 0 Å². The standard InChI is InChI=1S/C13H20F2N2O/c1-3-5-12(18-4-2)13(17-16)10-7-6-9(14)8-11(10)15/h6-8,12-13,17H,3-5,16H2,1-2H3. The van der Waals surface area contributed by atoms with Crippen LogP contribution in [-0.4, -0.2) is 12.7 Å². The molecule has 0 saturated heterocycles. The number of hydrazine groups is 1. The summed E-state index contributed by atoms with van der Waals surface area (Å²) in [5, 5.41) is 0. The topological polar surface area (TPSA) is 47.3 Å². The molecule has 3 nitrogen and oxygen atoms in total. The molecule has 5 heteroatoms. The van der Waals surface area contributed by atoms with Crippen molar-refractivity contribution in [1.82, 2.24) is 5.43 Å². The summed E-state index contributed by atoms with van der Waals surface area (Å²) in [6, 6.07) is 2.99. The monoisotopic (exact) mass is 258 g/mol. The summed E-state index contributed by atoms with van der Waals surface area (Å²) in [7, 11) is 0. The Morgan fingerprint density at radius 3 is 2.56 bits per heavy atom. The highest BCUT2D eigenvalue weighted by Gasteiger charge is 2.24. The van der Waals surface area contributed by atoms with Crippen molar-refractivity contribution < 1.29 is 13.5 Å². The predicted molar refractivity (Wildman–Crippen MR) is 66.7 cm³/mol. The van der Waals surface area contributed by atoms with Crippen LogP contribution in [0.3, 0.4) is 0 Å². The van der Waals surface area contributed by atoms with Gasteiger partial charge in [0.15, 0.2) is 0 Å². The molecule has 102 valence electrons. The van der Waals surface area contributed by atoms with Crippen molar-refractivity contribution in [2.75, 3.05) is 6.61 Å². The van der Waals surface area contributed by atoms with E-state index in [0.29, 0.717) is 12.2 Å². The van der Waals surface area contributed by atoms with Crippen LogP contribution in [0.15, 0.2) is 18.2 Å². The molecule has 0 spiro atoms. The van der Waals surface area contributed by atoms with E-state index in [1.807, 2.05) is 13.8 Å². The molecule has 18 heavy (non-hydrogen) atoms. The Bertz CT molecular complexity index is 368. The van der Waals surface area contributed by atoms with Crippen LogP contribution in [0, 0.1) is 11.6 Å². The lowest BCUT2D eigenvalue weighted by Gasteiger charge is -2.26. The summed E-state index contributed by atoms with van der Waals surface area (Å²) in [5.41, 5.74) is 2.89. The van der Waals surface area contributed by atoms with E-state index >= 15 is 0 Å². The summed E-state index contributed by atoms with van der Waals surface area (Å²) in [6.07, 6.45) is 1.41. The van der Waals surface area contributed by atoms with Gasteiger partial charge in [0.2, 0.25) is 0 Å². The molecule has 0 aromatic heterocycles. The zero-order valence-electron chi connectivity index (χ0n) is 10.7. The van der Waals surface area contributed by atoms with Crippen molar-refractivity contribution in [3.63, 3.8) is 0 Å². The van der Waals surface area contributed by atoms with Crippen LogP contribution in [0.1, 0.15) is 38.3 Å². The van der Waals surface area contributed by atoms with Gasteiger partial charge in [-0.25, -0.2) is 8.78 Å². The number of rotatable bonds is 7. The van der Waals surface area contributed by atoms with Gasteiger partial charge in [0.05, 0.1) is 12.1 Å². The molecule has 2 unspecified atom stereocenters. The van der Waals surface area contributed by atoms with Gasteiger partial charge in [-0.05, 0) is 19.4 Å². The van der Waals surface area contributed by atoms with E-state index in [2.05, 4.69) is 5.43 Å². The third-order valence-electron chi connectivity index (χ3n) is 2.80. The highest BCUT2D eigenvalue weighted by Crippen LogP contribution is 2.25. The van der Waals surface area contributed by atoms with Crippen molar-refractivity contribution in [2.24, 2.45) is 5.84 Å². The fourth-order valence-electron chi connectivity index (χ4n) is 2.00. The van der Waals surface area contributed by atoms with Gasteiger partial charge >= 0.3 is 0 Å². The number of halogens is 2. The maximum Gasteiger partial charge on any atom is 0.131 e. The molecule has 0 aliphatic heterocycles.